The Morgan fingerprint density at radius 3 is 1.73 bits per heavy atom. The van der Waals surface area contributed by atoms with Gasteiger partial charge in [-0.1, -0.05) is 109 Å². The Hall–Kier alpha value is -3.89. The first-order valence-corrected chi connectivity index (χ1v) is 18.3. The fourth-order valence-corrected chi connectivity index (χ4v) is 7.60. The SMILES string of the molecule is CCCCCCCCCCCCCCCCc1ccc(-n2c(-c3cccs3)ccc2-c2ccc(C(C#N)=C(C#N)C#N)s2)cc1. The van der Waals surface area contributed by atoms with Crippen LogP contribution < -0.4 is 0 Å². The number of benzene rings is 1. The third-order valence-electron chi connectivity index (χ3n) is 8.36. The Morgan fingerprint density at radius 2 is 1.20 bits per heavy atom. The summed E-state index contributed by atoms with van der Waals surface area (Å²) in [5, 5.41) is 30.4. The maximum Gasteiger partial charge on any atom is 0.148 e. The monoisotopic (exact) mass is 632 g/mol. The average Bonchev–Trinajstić information content (AvgIpc) is 3.85. The van der Waals surface area contributed by atoms with Gasteiger partial charge < -0.3 is 4.57 Å². The van der Waals surface area contributed by atoms with E-state index < -0.39 is 0 Å². The number of aromatic nitrogens is 1. The van der Waals surface area contributed by atoms with Gasteiger partial charge in [-0.25, -0.2) is 0 Å². The van der Waals surface area contributed by atoms with Crippen molar-refractivity contribution in [2.24, 2.45) is 0 Å². The van der Waals surface area contributed by atoms with Crippen molar-refractivity contribution < 1.29 is 0 Å². The normalized spacial score (nSPS) is 10.7. The summed E-state index contributed by atoms with van der Waals surface area (Å²) in [5.41, 5.74) is 4.55. The van der Waals surface area contributed by atoms with Crippen LogP contribution in [0.3, 0.4) is 0 Å². The van der Waals surface area contributed by atoms with Crippen molar-refractivity contribution in [1.29, 1.82) is 15.8 Å². The van der Waals surface area contributed by atoms with Crippen molar-refractivity contribution in [1.82, 2.24) is 4.57 Å². The van der Waals surface area contributed by atoms with Gasteiger partial charge in [-0.3, -0.25) is 0 Å². The second-order valence-corrected chi connectivity index (χ2v) is 13.7. The van der Waals surface area contributed by atoms with Crippen LogP contribution in [0.5, 0.6) is 0 Å². The van der Waals surface area contributed by atoms with Gasteiger partial charge in [0.05, 0.1) is 26.7 Å². The summed E-state index contributed by atoms with van der Waals surface area (Å²) in [7, 11) is 0. The molecule has 0 radical (unpaired) electrons. The molecule has 4 rings (SSSR count). The molecule has 0 spiro atoms. The van der Waals surface area contributed by atoms with E-state index >= 15 is 0 Å². The van der Waals surface area contributed by atoms with Crippen LogP contribution in [0.2, 0.25) is 0 Å². The lowest BCUT2D eigenvalue weighted by atomic mass is 10.0. The minimum Gasteiger partial charge on any atom is -0.308 e. The van der Waals surface area contributed by atoms with Crippen LogP contribution in [0.15, 0.2) is 71.6 Å². The van der Waals surface area contributed by atoms with E-state index in [0.717, 1.165) is 28.4 Å². The van der Waals surface area contributed by atoms with Gasteiger partial charge in [0.15, 0.2) is 0 Å². The van der Waals surface area contributed by atoms with Gasteiger partial charge in [-0.15, -0.1) is 22.7 Å². The molecule has 4 aromatic rings. The number of nitriles is 3. The highest BCUT2D eigenvalue weighted by atomic mass is 32.1. The van der Waals surface area contributed by atoms with Gasteiger partial charge in [0.1, 0.15) is 23.8 Å². The van der Waals surface area contributed by atoms with Gasteiger partial charge in [0.25, 0.3) is 0 Å². The summed E-state index contributed by atoms with van der Waals surface area (Å²) < 4.78 is 2.27. The predicted octanol–water partition coefficient (Wildman–Crippen LogP) is 12.3. The lowest BCUT2D eigenvalue weighted by molar-refractivity contribution is 0.535. The van der Waals surface area contributed by atoms with Crippen LogP contribution in [-0.4, -0.2) is 4.57 Å². The van der Waals surface area contributed by atoms with Crippen molar-refractivity contribution in [3.8, 4) is 45.0 Å². The number of aryl methyl sites for hydroxylation is 1. The van der Waals surface area contributed by atoms with Gasteiger partial charge in [0.2, 0.25) is 0 Å². The first kappa shape index (κ1) is 34.0. The summed E-state index contributed by atoms with van der Waals surface area (Å²) >= 11 is 3.13. The van der Waals surface area contributed by atoms with E-state index in [9.17, 15) is 15.8 Å². The number of allylic oxidation sites excluding steroid dienone is 2. The van der Waals surface area contributed by atoms with Crippen LogP contribution >= 0.6 is 22.7 Å². The summed E-state index contributed by atoms with van der Waals surface area (Å²) in [6, 6.07) is 26.9. The summed E-state index contributed by atoms with van der Waals surface area (Å²) in [6.45, 7) is 2.28. The Bertz CT molecular complexity index is 1600. The second-order valence-electron chi connectivity index (χ2n) is 11.7. The molecule has 0 aliphatic heterocycles. The molecular formula is C39H44N4S2. The highest BCUT2D eigenvalue weighted by Gasteiger charge is 2.18. The van der Waals surface area contributed by atoms with Crippen molar-refractivity contribution in [2.45, 2.75) is 103 Å². The zero-order valence-electron chi connectivity index (χ0n) is 26.6. The predicted molar refractivity (Wildman–Crippen MR) is 190 cm³/mol. The van der Waals surface area contributed by atoms with E-state index in [1.807, 2.05) is 24.3 Å². The maximum absolute atomic E-state index is 9.65. The Labute approximate surface area is 277 Å². The molecule has 232 valence electrons. The van der Waals surface area contributed by atoms with E-state index in [0.29, 0.717) is 4.88 Å². The van der Waals surface area contributed by atoms with Crippen LogP contribution in [-0.2, 0) is 6.42 Å². The van der Waals surface area contributed by atoms with E-state index in [1.54, 1.807) is 11.3 Å². The molecule has 1 aromatic carbocycles. The minimum atomic E-state index is -0.157. The molecule has 0 saturated heterocycles. The summed E-state index contributed by atoms with van der Waals surface area (Å²) in [5.74, 6) is 0. The fourth-order valence-electron chi connectivity index (χ4n) is 5.84. The molecule has 0 atom stereocenters. The van der Waals surface area contributed by atoms with Gasteiger partial charge in [-0.05, 0) is 66.2 Å². The van der Waals surface area contributed by atoms with Crippen molar-refractivity contribution in [3.63, 3.8) is 0 Å². The van der Waals surface area contributed by atoms with Crippen LogP contribution in [0, 0.1) is 34.0 Å². The molecule has 3 aromatic heterocycles. The molecule has 3 heterocycles. The Balaban J connectivity index is 1.33. The van der Waals surface area contributed by atoms with Crippen LogP contribution in [0.25, 0.3) is 32.4 Å². The molecule has 0 aliphatic rings. The molecule has 45 heavy (non-hydrogen) atoms. The maximum atomic E-state index is 9.65. The minimum absolute atomic E-state index is 0.126. The van der Waals surface area contributed by atoms with Gasteiger partial charge in [-0.2, -0.15) is 15.8 Å². The zero-order chi connectivity index (χ0) is 31.7. The van der Waals surface area contributed by atoms with Gasteiger partial charge in [0, 0.05) is 10.6 Å². The number of hydrogen-bond acceptors (Lipinski definition) is 5. The number of nitrogens with zero attached hydrogens (tertiary/aromatic N) is 4. The van der Waals surface area contributed by atoms with E-state index in [2.05, 4.69) is 71.5 Å². The molecule has 0 unspecified atom stereocenters. The largest absolute Gasteiger partial charge is 0.308 e. The molecule has 0 N–H and O–H groups in total. The highest BCUT2D eigenvalue weighted by molar-refractivity contribution is 7.16. The molecule has 4 nitrogen and oxygen atoms in total. The van der Waals surface area contributed by atoms with E-state index in [1.165, 1.54) is 112 Å². The van der Waals surface area contributed by atoms with Crippen molar-refractivity contribution >= 4 is 28.2 Å². The van der Waals surface area contributed by atoms with E-state index in [-0.39, 0.29) is 11.1 Å². The number of rotatable bonds is 19. The molecular weight excluding hydrogens is 589 g/mol. The van der Waals surface area contributed by atoms with Crippen molar-refractivity contribution in [3.05, 3.63) is 82.1 Å². The molecule has 0 bridgehead atoms. The Kier molecular flexibility index (Phi) is 14.2. The molecule has 0 amide bonds. The lowest BCUT2D eigenvalue weighted by Crippen LogP contribution is -1.98. The third kappa shape index (κ3) is 9.80. The summed E-state index contributed by atoms with van der Waals surface area (Å²) in [4.78, 5) is 2.78. The molecule has 0 fully saturated rings. The molecule has 6 heteroatoms. The van der Waals surface area contributed by atoms with Crippen LogP contribution in [0.4, 0.5) is 0 Å². The average molecular weight is 633 g/mol. The smallest absolute Gasteiger partial charge is 0.148 e. The first-order chi connectivity index (χ1) is 22.2. The molecule has 0 saturated carbocycles. The standard InChI is InChI=1S/C39H44N4S2/c1-2-3-4-5-6-7-8-9-10-11-12-13-14-15-17-31-19-21-33(22-20-31)43-35(38-18-16-27-44-38)23-24-36(43)39-26-25-37(45-39)34(30-42)32(28-40)29-41/h16,18-27H,2-15,17H2,1H3. The number of hydrogen-bond donors (Lipinski definition) is 0. The quantitative estimate of drug-likeness (QED) is 0.0762. The first-order valence-electron chi connectivity index (χ1n) is 16.6. The topological polar surface area (TPSA) is 76.3 Å². The second kappa shape index (κ2) is 18.8. The third-order valence-corrected chi connectivity index (χ3v) is 10.4. The number of unbranched alkanes of at least 4 members (excludes halogenated alkanes) is 13. The fraction of sp³-hybridized carbons (Fsp3) is 0.410. The molecule has 0 aliphatic carbocycles. The van der Waals surface area contributed by atoms with E-state index in [4.69, 9.17) is 0 Å². The lowest BCUT2D eigenvalue weighted by Gasteiger charge is -2.13. The van der Waals surface area contributed by atoms with Crippen LogP contribution in [0.1, 0.15) is 107 Å². The van der Waals surface area contributed by atoms with Crippen molar-refractivity contribution in [2.75, 3.05) is 0 Å². The highest BCUT2D eigenvalue weighted by Crippen LogP contribution is 2.39. The number of thiophene rings is 2. The zero-order valence-corrected chi connectivity index (χ0v) is 28.2. The Morgan fingerprint density at radius 1 is 0.622 bits per heavy atom. The summed E-state index contributed by atoms with van der Waals surface area (Å²) in [6.07, 6.45) is 20.4. The van der Waals surface area contributed by atoms with Gasteiger partial charge >= 0.3 is 0 Å².